The summed E-state index contributed by atoms with van der Waals surface area (Å²) in [4.78, 5) is 3.16. The minimum absolute atomic E-state index is 0.0475. The number of aromatic amines is 1. The fourth-order valence-corrected chi connectivity index (χ4v) is 3.33. The Morgan fingerprint density at radius 2 is 1.90 bits per heavy atom. The van der Waals surface area contributed by atoms with E-state index in [-0.39, 0.29) is 11.9 Å². The first-order valence-corrected chi connectivity index (χ1v) is 8.12. The van der Waals surface area contributed by atoms with Gasteiger partial charge in [0.1, 0.15) is 5.82 Å². The van der Waals surface area contributed by atoms with Gasteiger partial charge in [0.2, 0.25) is 0 Å². The molecular formula is C16H14FIN2S. The van der Waals surface area contributed by atoms with Gasteiger partial charge in [0.05, 0.1) is 20.6 Å². The molecule has 3 aromatic rings. The Morgan fingerprint density at radius 1 is 1.24 bits per heavy atom. The van der Waals surface area contributed by atoms with Crippen molar-refractivity contribution in [3.63, 3.8) is 0 Å². The van der Waals surface area contributed by atoms with Crippen molar-refractivity contribution in [3.05, 3.63) is 61.7 Å². The minimum atomic E-state index is -0.220. The van der Waals surface area contributed by atoms with Crippen molar-refractivity contribution in [2.45, 2.75) is 19.9 Å². The van der Waals surface area contributed by atoms with Crippen LogP contribution < -0.4 is 0 Å². The summed E-state index contributed by atoms with van der Waals surface area (Å²) < 4.78 is 17.1. The summed E-state index contributed by atoms with van der Waals surface area (Å²) in [5.74, 6) is -0.220. The SMILES string of the molecule is Cc1ccc(C(C)n2c(=S)[nH]c3cc(I)c(F)cc32)cc1. The highest BCUT2D eigenvalue weighted by molar-refractivity contribution is 14.1. The van der Waals surface area contributed by atoms with Gasteiger partial charge in [-0.3, -0.25) is 0 Å². The highest BCUT2D eigenvalue weighted by Crippen LogP contribution is 2.27. The molecule has 0 amide bonds. The highest BCUT2D eigenvalue weighted by Gasteiger charge is 2.15. The van der Waals surface area contributed by atoms with Gasteiger partial charge in [0.25, 0.3) is 0 Å². The van der Waals surface area contributed by atoms with E-state index in [0.717, 1.165) is 16.6 Å². The smallest absolute Gasteiger partial charge is 0.178 e. The van der Waals surface area contributed by atoms with Crippen LogP contribution in [0.5, 0.6) is 0 Å². The van der Waals surface area contributed by atoms with Crippen molar-refractivity contribution in [1.82, 2.24) is 9.55 Å². The number of aromatic nitrogens is 2. The molecule has 2 nitrogen and oxygen atoms in total. The third-order valence-corrected chi connectivity index (χ3v) is 4.83. The average Bonchev–Trinajstić information content (AvgIpc) is 2.75. The van der Waals surface area contributed by atoms with Gasteiger partial charge in [-0.05, 0) is 60.3 Å². The fourth-order valence-electron chi connectivity index (χ4n) is 2.50. The molecule has 3 rings (SSSR count). The lowest BCUT2D eigenvalue weighted by Gasteiger charge is -2.15. The summed E-state index contributed by atoms with van der Waals surface area (Å²) in [7, 11) is 0. The number of imidazole rings is 1. The Bertz CT molecular complexity index is 864. The van der Waals surface area contributed by atoms with E-state index < -0.39 is 0 Å². The van der Waals surface area contributed by atoms with Crippen LogP contribution >= 0.6 is 34.8 Å². The van der Waals surface area contributed by atoms with Gasteiger partial charge in [0.15, 0.2) is 4.77 Å². The molecule has 1 heterocycles. The van der Waals surface area contributed by atoms with Crippen LogP contribution in [0.2, 0.25) is 0 Å². The minimum Gasteiger partial charge on any atom is -0.331 e. The Balaban J connectivity index is 2.19. The Hall–Kier alpha value is -1.21. The molecule has 0 aliphatic carbocycles. The third-order valence-electron chi connectivity index (χ3n) is 3.71. The van der Waals surface area contributed by atoms with Crippen molar-refractivity contribution in [2.24, 2.45) is 0 Å². The lowest BCUT2D eigenvalue weighted by Crippen LogP contribution is -2.07. The average molecular weight is 412 g/mol. The molecule has 0 saturated heterocycles. The van der Waals surface area contributed by atoms with Crippen LogP contribution in [-0.4, -0.2) is 9.55 Å². The predicted molar refractivity (Wildman–Crippen MR) is 94.8 cm³/mol. The first kappa shape index (κ1) is 14.7. The standard InChI is InChI=1S/C16H14FIN2S/c1-9-3-5-11(6-4-9)10(2)20-15-7-12(17)13(18)8-14(15)19-16(20)21/h3-8,10H,1-2H3,(H,19,21). The van der Waals surface area contributed by atoms with E-state index in [1.807, 2.05) is 27.2 Å². The van der Waals surface area contributed by atoms with Crippen LogP contribution in [0, 0.1) is 21.1 Å². The second-order valence-corrected chi connectivity index (χ2v) is 6.72. The van der Waals surface area contributed by atoms with Crippen LogP contribution in [0.1, 0.15) is 24.1 Å². The van der Waals surface area contributed by atoms with E-state index in [1.165, 1.54) is 5.56 Å². The number of H-pyrrole nitrogens is 1. The first-order valence-electron chi connectivity index (χ1n) is 6.63. The summed E-state index contributed by atoms with van der Waals surface area (Å²) in [6.07, 6.45) is 0. The molecule has 5 heteroatoms. The molecule has 1 N–H and O–H groups in total. The summed E-state index contributed by atoms with van der Waals surface area (Å²) in [5, 5.41) is 0. The summed E-state index contributed by atoms with van der Waals surface area (Å²) in [6, 6.07) is 11.7. The molecule has 0 fully saturated rings. The van der Waals surface area contributed by atoms with Crippen LogP contribution in [0.4, 0.5) is 4.39 Å². The monoisotopic (exact) mass is 412 g/mol. The lowest BCUT2D eigenvalue weighted by atomic mass is 10.1. The van der Waals surface area contributed by atoms with Crippen LogP contribution in [-0.2, 0) is 0 Å². The zero-order valence-electron chi connectivity index (χ0n) is 11.7. The van der Waals surface area contributed by atoms with Gasteiger partial charge in [-0.25, -0.2) is 4.39 Å². The molecule has 0 saturated carbocycles. The number of nitrogens with one attached hydrogen (secondary N) is 1. The summed E-state index contributed by atoms with van der Waals surface area (Å²) in [6.45, 7) is 4.13. The molecule has 2 aromatic carbocycles. The van der Waals surface area contributed by atoms with E-state index in [1.54, 1.807) is 12.1 Å². The van der Waals surface area contributed by atoms with E-state index in [4.69, 9.17) is 12.2 Å². The van der Waals surface area contributed by atoms with Gasteiger partial charge < -0.3 is 9.55 Å². The second-order valence-electron chi connectivity index (χ2n) is 5.17. The van der Waals surface area contributed by atoms with Crippen molar-refractivity contribution in [2.75, 3.05) is 0 Å². The Labute approximate surface area is 141 Å². The second kappa shape index (κ2) is 5.53. The Morgan fingerprint density at radius 3 is 2.57 bits per heavy atom. The summed E-state index contributed by atoms with van der Waals surface area (Å²) in [5.41, 5.74) is 4.03. The van der Waals surface area contributed by atoms with Crippen LogP contribution in [0.3, 0.4) is 0 Å². The quantitative estimate of drug-likeness (QED) is 0.444. The molecule has 1 atom stereocenters. The van der Waals surface area contributed by atoms with Crippen molar-refractivity contribution >= 4 is 45.8 Å². The molecule has 0 spiro atoms. The molecule has 0 radical (unpaired) electrons. The number of fused-ring (bicyclic) bond motifs is 1. The predicted octanol–water partition coefficient (Wildman–Crippen LogP) is 5.36. The molecule has 0 aliphatic rings. The molecule has 0 aliphatic heterocycles. The van der Waals surface area contributed by atoms with E-state index in [2.05, 4.69) is 43.1 Å². The zero-order chi connectivity index (χ0) is 15.1. The number of aryl methyl sites for hydroxylation is 1. The van der Waals surface area contributed by atoms with E-state index in [0.29, 0.717) is 8.34 Å². The van der Waals surface area contributed by atoms with Gasteiger partial charge in [0, 0.05) is 6.07 Å². The zero-order valence-corrected chi connectivity index (χ0v) is 14.6. The number of hydrogen-bond donors (Lipinski definition) is 1. The molecular weight excluding hydrogens is 398 g/mol. The summed E-state index contributed by atoms with van der Waals surface area (Å²) >= 11 is 7.41. The maximum atomic E-state index is 13.9. The van der Waals surface area contributed by atoms with Gasteiger partial charge in [-0.1, -0.05) is 29.8 Å². The molecule has 21 heavy (non-hydrogen) atoms. The number of nitrogens with zero attached hydrogens (tertiary/aromatic N) is 1. The molecule has 108 valence electrons. The van der Waals surface area contributed by atoms with Gasteiger partial charge >= 0.3 is 0 Å². The number of hydrogen-bond acceptors (Lipinski definition) is 1. The van der Waals surface area contributed by atoms with Gasteiger partial charge in [-0.15, -0.1) is 0 Å². The van der Waals surface area contributed by atoms with Gasteiger partial charge in [-0.2, -0.15) is 0 Å². The maximum absolute atomic E-state index is 13.9. The highest BCUT2D eigenvalue weighted by atomic mass is 127. The van der Waals surface area contributed by atoms with E-state index >= 15 is 0 Å². The Kier molecular flexibility index (Phi) is 3.88. The first-order chi connectivity index (χ1) is 9.97. The van der Waals surface area contributed by atoms with E-state index in [9.17, 15) is 4.39 Å². The number of halogens is 2. The number of rotatable bonds is 2. The van der Waals surface area contributed by atoms with Crippen LogP contribution in [0.15, 0.2) is 36.4 Å². The molecule has 0 bridgehead atoms. The fraction of sp³-hybridized carbons (Fsp3) is 0.188. The van der Waals surface area contributed by atoms with Crippen molar-refractivity contribution in [3.8, 4) is 0 Å². The topological polar surface area (TPSA) is 20.7 Å². The number of benzene rings is 2. The molecule has 1 aromatic heterocycles. The molecule has 1 unspecified atom stereocenters. The normalized spacial score (nSPS) is 12.8. The largest absolute Gasteiger partial charge is 0.331 e. The third kappa shape index (κ3) is 2.64. The van der Waals surface area contributed by atoms with Crippen LogP contribution in [0.25, 0.3) is 11.0 Å². The van der Waals surface area contributed by atoms with Crippen molar-refractivity contribution in [1.29, 1.82) is 0 Å². The van der Waals surface area contributed by atoms with Crippen molar-refractivity contribution < 1.29 is 4.39 Å². The lowest BCUT2D eigenvalue weighted by molar-refractivity contribution is 0.616. The maximum Gasteiger partial charge on any atom is 0.178 e.